The monoisotopic (exact) mass is 337 g/mol. The van der Waals surface area contributed by atoms with E-state index in [0.717, 1.165) is 12.8 Å². The molecule has 0 spiro atoms. The van der Waals surface area contributed by atoms with E-state index in [1.165, 1.54) is 0 Å². The summed E-state index contributed by atoms with van der Waals surface area (Å²) in [6, 6.07) is 6.20. The van der Waals surface area contributed by atoms with E-state index in [4.69, 9.17) is 14.7 Å². The number of hydrogen-bond acceptors (Lipinski definition) is 6. The molecule has 0 fully saturated rings. The number of hydroxylamine groups is 1. The highest BCUT2D eigenvalue weighted by Gasteiger charge is 2.08. The van der Waals surface area contributed by atoms with E-state index in [1.807, 2.05) is 0 Å². The number of benzene rings is 1. The Hall–Kier alpha value is -2.41. The molecule has 0 saturated heterocycles. The summed E-state index contributed by atoms with van der Waals surface area (Å²) in [6.07, 6.45) is 3.49. The molecular weight excluding hydrogens is 314 g/mol. The van der Waals surface area contributed by atoms with Gasteiger partial charge in [0, 0.05) is 12.8 Å². The van der Waals surface area contributed by atoms with E-state index in [9.17, 15) is 14.4 Å². The number of carbonyl (C=O) groups is 3. The van der Waals surface area contributed by atoms with Crippen molar-refractivity contribution in [3.8, 4) is 5.75 Å². The molecule has 2 N–H and O–H groups in total. The van der Waals surface area contributed by atoms with Crippen molar-refractivity contribution >= 4 is 17.8 Å². The Kier molecular flexibility index (Phi) is 9.14. The first-order valence-corrected chi connectivity index (χ1v) is 7.97. The lowest BCUT2D eigenvalue weighted by Crippen LogP contribution is -2.17. The molecule has 132 valence electrons. The first kappa shape index (κ1) is 19.6. The van der Waals surface area contributed by atoms with Crippen molar-refractivity contribution in [3.05, 3.63) is 29.8 Å². The summed E-state index contributed by atoms with van der Waals surface area (Å²) >= 11 is 0. The van der Waals surface area contributed by atoms with Crippen molar-refractivity contribution in [2.24, 2.45) is 0 Å². The van der Waals surface area contributed by atoms with Crippen molar-refractivity contribution in [3.63, 3.8) is 0 Å². The van der Waals surface area contributed by atoms with Crippen LogP contribution in [0, 0.1) is 0 Å². The molecule has 1 aromatic rings. The summed E-state index contributed by atoms with van der Waals surface area (Å²) in [5, 5.41) is 8.34. The molecule has 0 saturated carbocycles. The maximum atomic E-state index is 11.7. The summed E-state index contributed by atoms with van der Waals surface area (Å²) < 4.78 is 10.1. The summed E-state index contributed by atoms with van der Waals surface area (Å²) in [5.41, 5.74) is 1.98. The van der Waals surface area contributed by atoms with E-state index in [2.05, 4.69) is 0 Å². The molecule has 0 aliphatic heterocycles. The molecule has 7 heteroatoms. The zero-order chi connectivity index (χ0) is 17.8. The minimum Gasteiger partial charge on any atom is -0.462 e. The molecule has 0 aromatic heterocycles. The Labute approximate surface area is 140 Å². The van der Waals surface area contributed by atoms with Gasteiger partial charge in [0.15, 0.2) is 0 Å². The van der Waals surface area contributed by atoms with E-state index >= 15 is 0 Å². The highest BCUT2D eigenvalue weighted by atomic mass is 16.5. The van der Waals surface area contributed by atoms with Crippen molar-refractivity contribution in [1.82, 2.24) is 5.48 Å². The van der Waals surface area contributed by atoms with Gasteiger partial charge in [0.25, 0.3) is 0 Å². The predicted octanol–water partition coefficient (Wildman–Crippen LogP) is 2.61. The second kappa shape index (κ2) is 11.2. The van der Waals surface area contributed by atoms with E-state index in [1.54, 1.807) is 36.7 Å². The molecule has 7 nitrogen and oxygen atoms in total. The van der Waals surface area contributed by atoms with Gasteiger partial charge in [-0.05, 0) is 44.0 Å². The molecule has 0 aliphatic rings. The largest absolute Gasteiger partial charge is 0.462 e. The van der Waals surface area contributed by atoms with Crippen LogP contribution < -0.4 is 10.2 Å². The Bertz CT molecular complexity index is 541. The maximum Gasteiger partial charge on any atom is 0.338 e. The third-order valence-corrected chi connectivity index (χ3v) is 3.26. The summed E-state index contributed by atoms with van der Waals surface area (Å²) in [6.45, 7) is 2.04. The standard InChI is InChI=1S/C17H23NO6/c1-2-23-17(21)13-9-11-14(12-10-13)24-16(20)8-6-4-3-5-7-15(19)18-22/h9-12,22H,2-8H2,1H3,(H,18,19). The lowest BCUT2D eigenvalue weighted by molar-refractivity contribution is -0.134. The molecule has 0 unspecified atom stereocenters. The number of hydrogen-bond donors (Lipinski definition) is 2. The van der Waals surface area contributed by atoms with Crippen LogP contribution in [0.15, 0.2) is 24.3 Å². The predicted molar refractivity (Wildman–Crippen MR) is 85.7 cm³/mol. The zero-order valence-electron chi connectivity index (χ0n) is 13.7. The van der Waals surface area contributed by atoms with Gasteiger partial charge in [-0.2, -0.15) is 0 Å². The summed E-state index contributed by atoms with van der Waals surface area (Å²) in [7, 11) is 0. The van der Waals surface area contributed by atoms with Gasteiger partial charge in [0.2, 0.25) is 5.91 Å². The number of nitrogens with one attached hydrogen (secondary N) is 1. The lowest BCUT2D eigenvalue weighted by Gasteiger charge is -2.06. The Morgan fingerprint density at radius 3 is 2.21 bits per heavy atom. The Morgan fingerprint density at radius 1 is 1.00 bits per heavy atom. The molecule has 1 amide bonds. The molecule has 0 bridgehead atoms. The van der Waals surface area contributed by atoms with Crippen LogP contribution in [0.2, 0.25) is 0 Å². The topological polar surface area (TPSA) is 102 Å². The van der Waals surface area contributed by atoms with Crippen molar-refractivity contribution < 1.29 is 29.1 Å². The summed E-state index contributed by atoms with van der Waals surface area (Å²) in [4.78, 5) is 34.0. The number of rotatable bonds is 10. The molecular formula is C17H23NO6. The lowest BCUT2D eigenvalue weighted by atomic mass is 10.1. The zero-order valence-corrected chi connectivity index (χ0v) is 13.7. The minimum absolute atomic E-state index is 0.272. The average Bonchev–Trinajstić information content (AvgIpc) is 2.58. The fraction of sp³-hybridized carbons (Fsp3) is 0.471. The van der Waals surface area contributed by atoms with Crippen molar-refractivity contribution in [1.29, 1.82) is 0 Å². The van der Waals surface area contributed by atoms with E-state index < -0.39 is 11.9 Å². The van der Waals surface area contributed by atoms with Crippen LogP contribution in [0.1, 0.15) is 55.8 Å². The van der Waals surface area contributed by atoms with Crippen LogP contribution in [0.4, 0.5) is 0 Å². The molecule has 0 aliphatic carbocycles. The number of amides is 1. The van der Waals surface area contributed by atoms with Gasteiger partial charge in [0.1, 0.15) is 5.75 Å². The second-order valence-electron chi connectivity index (χ2n) is 5.17. The van der Waals surface area contributed by atoms with E-state index in [-0.39, 0.29) is 18.8 Å². The highest BCUT2D eigenvalue weighted by molar-refractivity contribution is 5.89. The molecule has 0 radical (unpaired) electrons. The molecule has 24 heavy (non-hydrogen) atoms. The normalized spacial score (nSPS) is 10.1. The molecule has 1 aromatic carbocycles. The number of esters is 2. The van der Waals surface area contributed by atoms with Crippen LogP contribution in [0.5, 0.6) is 5.75 Å². The van der Waals surface area contributed by atoms with E-state index in [0.29, 0.717) is 30.8 Å². The highest BCUT2D eigenvalue weighted by Crippen LogP contribution is 2.14. The van der Waals surface area contributed by atoms with Gasteiger partial charge < -0.3 is 9.47 Å². The van der Waals surface area contributed by atoms with Gasteiger partial charge in [-0.15, -0.1) is 0 Å². The number of unbranched alkanes of at least 4 members (excludes halogenated alkanes) is 3. The minimum atomic E-state index is -0.412. The van der Waals surface area contributed by atoms with Crippen molar-refractivity contribution in [2.45, 2.75) is 45.4 Å². The molecule has 0 heterocycles. The van der Waals surface area contributed by atoms with Crippen molar-refractivity contribution in [2.75, 3.05) is 6.61 Å². The number of ether oxygens (including phenoxy) is 2. The van der Waals surface area contributed by atoms with Crippen LogP contribution in [0.25, 0.3) is 0 Å². The van der Waals surface area contributed by atoms with Gasteiger partial charge in [-0.25, -0.2) is 10.3 Å². The summed E-state index contributed by atoms with van der Waals surface area (Å²) in [5.74, 6) is -0.773. The SMILES string of the molecule is CCOC(=O)c1ccc(OC(=O)CCCCCCC(=O)NO)cc1. The average molecular weight is 337 g/mol. The van der Waals surface area contributed by atoms with Crippen LogP contribution in [0.3, 0.4) is 0 Å². The Morgan fingerprint density at radius 2 is 1.62 bits per heavy atom. The van der Waals surface area contributed by atoms with Crippen LogP contribution in [-0.4, -0.2) is 29.7 Å². The quantitative estimate of drug-likeness (QED) is 0.224. The van der Waals surface area contributed by atoms with Gasteiger partial charge in [-0.3, -0.25) is 14.8 Å². The molecule has 0 atom stereocenters. The third-order valence-electron chi connectivity index (χ3n) is 3.26. The fourth-order valence-electron chi connectivity index (χ4n) is 2.02. The maximum absolute atomic E-state index is 11.7. The fourth-order valence-corrected chi connectivity index (χ4v) is 2.02. The van der Waals surface area contributed by atoms with Gasteiger partial charge in [-0.1, -0.05) is 12.8 Å². The smallest absolute Gasteiger partial charge is 0.338 e. The van der Waals surface area contributed by atoms with Crippen LogP contribution >= 0.6 is 0 Å². The van der Waals surface area contributed by atoms with Gasteiger partial charge in [0.05, 0.1) is 12.2 Å². The third kappa shape index (κ3) is 7.73. The Balaban J connectivity index is 2.23. The second-order valence-corrected chi connectivity index (χ2v) is 5.17. The number of carbonyl (C=O) groups excluding carboxylic acids is 3. The first-order chi connectivity index (χ1) is 11.6. The first-order valence-electron chi connectivity index (χ1n) is 7.97. The molecule has 1 rings (SSSR count). The van der Waals surface area contributed by atoms with Crippen LogP contribution in [-0.2, 0) is 14.3 Å². The van der Waals surface area contributed by atoms with Gasteiger partial charge >= 0.3 is 11.9 Å².